The van der Waals surface area contributed by atoms with E-state index in [1.807, 2.05) is 54.3 Å². The first-order valence-corrected chi connectivity index (χ1v) is 5.50. The molecule has 3 aromatic rings. The summed E-state index contributed by atoms with van der Waals surface area (Å²) in [6.07, 6.45) is 3.82. The van der Waals surface area contributed by atoms with Crippen molar-refractivity contribution in [3.63, 3.8) is 0 Å². The number of imidazole rings is 1. The molecule has 0 atom stereocenters. The summed E-state index contributed by atoms with van der Waals surface area (Å²) >= 11 is 0. The lowest BCUT2D eigenvalue weighted by Crippen LogP contribution is -1.91. The smallest absolute Gasteiger partial charge is 0.141 e. The van der Waals surface area contributed by atoms with Gasteiger partial charge in [0.1, 0.15) is 11.3 Å². The van der Waals surface area contributed by atoms with Gasteiger partial charge in [0.25, 0.3) is 0 Å². The van der Waals surface area contributed by atoms with Gasteiger partial charge in [0, 0.05) is 30.6 Å². The van der Waals surface area contributed by atoms with Gasteiger partial charge in [-0.25, -0.2) is 4.52 Å². The van der Waals surface area contributed by atoms with Crippen LogP contribution in [0.2, 0.25) is 0 Å². The minimum absolute atomic E-state index is 0.00835. The van der Waals surface area contributed by atoms with Crippen LogP contribution in [0.15, 0.2) is 42.7 Å². The Morgan fingerprint density at radius 3 is 2.65 bits per heavy atom. The Hall–Kier alpha value is -2.07. The highest BCUT2D eigenvalue weighted by Gasteiger charge is 2.15. The Balaban J connectivity index is 2.30. The zero-order valence-corrected chi connectivity index (χ0v) is 9.54. The Labute approximate surface area is 98.7 Å². The lowest BCUT2D eigenvalue weighted by molar-refractivity contribution is 0.283. The van der Waals surface area contributed by atoms with E-state index in [9.17, 15) is 5.11 Å². The number of benzene rings is 1. The molecule has 0 radical (unpaired) electrons. The quantitative estimate of drug-likeness (QED) is 0.725. The molecule has 4 nitrogen and oxygen atoms in total. The van der Waals surface area contributed by atoms with Gasteiger partial charge in [0.2, 0.25) is 0 Å². The number of aliphatic hydroxyl groups excluding tert-OH is 1. The molecule has 0 saturated carbocycles. The zero-order chi connectivity index (χ0) is 11.8. The van der Waals surface area contributed by atoms with E-state index < -0.39 is 0 Å². The van der Waals surface area contributed by atoms with E-state index in [-0.39, 0.29) is 6.61 Å². The molecule has 0 aliphatic carbocycles. The molecule has 4 heteroatoms. The topological polar surface area (TPSA) is 42.5 Å². The average molecular weight is 227 g/mol. The summed E-state index contributed by atoms with van der Waals surface area (Å²) in [6, 6.07) is 9.92. The van der Waals surface area contributed by atoms with E-state index in [1.165, 1.54) is 0 Å². The Morgan fingerprint density at radius 1 is 1.18 bits per heavy atom. The molecule has 2 heterocycles. The number of aryl methyl sites for hydroxylation is 1. The zero-order valence-electron chi connectivity index (χ0n) is 9.54. The lowest BCUT2D eigenvalue weighted by atomic mass is 10.1. The maximum atomic E-state index is 9.54. The van der Waals surface area contributed by atoms with Crippen LogP contribution in [0.4, 0.5) is 0 Å². The van der Waals surface area contributed by atoms with E-state index in [1.54, 1.807) is 4.52 Å². The van der Waals surface area contributed by atoms with Crippen LogP contribution in [0.1, 0.15) is 5.56 Å². The Kier molecular flexibility index (Phi) is 2.23. The van der Waals surface area contributed by atoms with Gasteiger partial charge in [-0.2, -0.15) is 5.10 Å². The number of nitrogens with zero attached hydrogens (tertiary/aromatic N) is 3. The average Bonchev–Trinajstić information content (AvgIpc) is 2.91. The van der Waals surface area contributed by atoms with Crippen LogP contribution in [0, 0.1) is 0 Å². The first-order valence-electron chi connectivity index (χ1n) is 5.50. The molecule has 0 unspecified atom stereocenters. The number of aromatic nitrogens is 3. The summed E-state index contributed by atoms with van der Waals surface area (Å²) in [4.78, 5) is 0. The highest BCUT2D eigenvalue weighted by molar-refractivity contribution is 5.70. The normalized spacial score (nSPS) is 11.2. The van der Waals surface area contributed by atoms with Crippen molar-refractivity contribution in [1.82, 2.24) is 14.2 Å². The molecule has 1 aromatic carbocycles. The molecule has 1 N–H and O–H groups in total. The van der Waals surface area contributed by atoms with Gasteiger partial charge in [-0.1, -0.05) is 30.3 Å². The van der Waals surface area contributed by atoms with Crippen LogP contribution in [0.5, 0.6) is 0 Å². The van der Waals surface area contributed by atoms with E-state index in [2.05, 4.69) is 5.10 Å². The molecule has 0 aliphatic rings. The second kappa shape index (κ2) is 3.75. The Bertz CT molecular complexity index is 652. The summed E-state index contributed by atoms with van der Waals surface area (Å²) < 4.78 is 3.76. The summed E-state index contributed by atoms with van der Waals surface area (Å²) in [5, 5.41) is 14.1. The molecule has 0 saturated heterocycles. The third-order valence-electron chi connectivity index (χ3n) is 2.95. The fourth-order valence-corrected chi connectivity index (χ4v) is 2.15. The largest absolute Gasteiger partial charge is 0.391 e. The van der Waals surface area contributed by atoms with Crippen molar-refractivity contribution in [2.75, 3.05) is 0 Å². The molecule has 3 rings (SSSR count). The number of fused-ring (bicyclic) bond motifs is 1. The minimum atomic E-state index is -0.00835. The first-order chi connectivity index (χ1) is 8.31. The molecule has 86 valence electrons. The molecule has 2 aromatic heterocycles. The van der Waals surface area contributed by atoms with Crippen molar-refractivity contribution in [3.05, 3.63) is 48.3 Å². The highest BCUT2D eigenvalue weighted by atomic mass is 16.3. The summed E-state index contributed by atoms with van der Waals surface area (Å²) in [7, 11) is 1.95. The molecule has 17 heavy (non-hydrogen) atoms. The van der Waals surface area contributed by atoms with Crippen molar-refractivity contribution in [1.29, 1.82) is 0 Å². The summed E-state index contributed by atoms with van der Waals surface area (Å²) in [5.74, 6) is 0. The lowest BCUT2D eigenvalue weighted by Gasteiger charge is -2.00. The van der Waals surface area contributed by atoms with Crippen molar-refractivity contribution in [2.45, 2.75) is 6.61 Å². The minimum Gasteiger partial charge on any atom is -0.391 e. The van der Waals surface area contributed by atoms with Crippen molar-refractivity contribution < 1.29 is 5.11 Å². The monoisotopic (exact) mass is 227 g/mol. The van der Waals surface area contributed by atoms with Crippen LogP contribution < -0.4 is 0 Å². The van der Waals surface area contributed by atoms with Crippen LogP contribution in [-0.4, -0.2) is 19.3 Å². The molecular formula is C13H13N3O. The number of hydrogen-bond donors (Lipinski definition) is 1. The van der Waals surface area contributed by atoms with E-state index >= 15 is 0 Å². The van der Waals surface area contributed by atoms with Crippen LogP contribution in [0.3, 0.4) is 0 Å². The van der Waals surface area contributed by atoms with Gasteiger partial charge < -0.3 is 9.67 Å². The maximum Gasteiger partial charge on any atom is 0.141 e. The van der Waals surface area contributed by atoms with Crippen molar-refractivity contribution in [3.8, 4) is 11.3 Å². The molecular weight excluding hydrogens is 214 g/mol. The highest BCUT2D eigenvalue weighted by Crippen LogP contribution is 2.25. The molecule has 0 bridgehead atoms. The molecule has 0 aliphatic heterocycles. The van der Waals surface area contributed by atoms with Gasteiger partial charge in [0.15, 0.2) is 0 Å². The number of hydrogen-bond acceptors (Lipinski definition) is 2. The van der Waals surface area contributed by atoms with E-state index in [0.717, 1.165) is 22.5 Å². The fourth-order valence-electron chi connectivity index (χ4n) is 2.15. The van der Waals surface area contributed by atoms with Crippen molar-refractivity contribution >= 4 is 5.65 Å². The van der Waals surface area contributed by atoms with Gasteiger partial charge in [-0.3, -0.25) is 0 Å². The predicted molar refractivity (Wildman–Crippen MR) is 65.5 cm³/mol. The third-order valence-corrected chi connectivity index (χ3v) is 2.95. The second-order valence-corrected chi connectivity index (χ2v) is 4.03. The SMILES string of the molecule is Cn1ccn2nc(-c3ccccc3)c(CO)c12. The predicted octanol–water partition coefficient (Wildman–Crippen LogP) is 1.83. The van der Waals surface area contributed by atoms with Gasteiger partial charge in [0.05, 0.1) is 6.61 Å². The molecule has 0 fully saturated rings. The number of rotatable bonds is 2. The first kappa shape index (κ1) is 10.1. The van der Waals surface area contributed by atoms with Crippen LogP contribution in [-0.2, 0) is 13.7 Å². The summed E-state index contributed by atoms with van der Waals surface area (Å²) in [5.41, 5.74) is 3.68. The molecule has 0 spiro atoms. The van der Waals surface area contributed by atoms with Gasteiger partial charge in [-0.05, 0) is 0 Å². The van der Waals surface area contributed by atoms with Crippen molar-refractivity contribution in [2.24, 2.45) is 7.05 Å². The van der Waals surface area contributed by atoms with E-state index in [4.69, 9.17) is 0 Å². The van der Waals surface area contributed by atoms with Crippen LogP contribution in [0.25, 0.3) is 16.9 Å². The summed E-state index contributed by atoms with van der Waals surface area (Å²) in [6.45, 7) is -0.00835. The van der Waals surface area contributed by atoms with E-state index in [0.29, 0.717) is 0 Å². The standard InChI is InChI=1S/C13H13N3O/c1-15-7-8-16-13(15)11(9-17)12(14-16)10-5-3-2-4-6-10/h2-8,17H,9H2,1H3. The second-order valence-electron chi connectivity index (χ2n) is 4.03. The van der Waals surface area contributed by atoms with Gasteiger partial charge >= 0.3 is 0 Å². The Morgan fingerprint density at radius 2 is 1.94 bits per heavy atom. The van der Waals surface area contributed by atoms with Gasteiger partial charge in [-0.15, -0.1) is 0 Å². The fraction of sp³-hybridized carbons (Fsp3) is 0.154. The molecule has 0 amide bonds. The van der Waals surface area contributed by atoms with Crippen LogP contribution >= 0.6 is 0 Å². The third kappa shape index (κ3) is 1.45. The maximum absolute atomic E-state index is 9.54. The number of aliphatic hydroxyl groups is 1.